The topological polar surface area (TPSA) is 95.1 Å². The van der Waals surface area contributed by atoms with Gasteiger partial charge in [0.2, 0.25) is 5.95 Å². The monoisotopic (exact) mass is 374 g/mol. The maximum Gasteiger partial charge on any atom is 0.270 e. The summed E-state index contributed by atoms with van der Waals surface area (Å²) >= 11 is 0. The van der Waals surface area contributed by atoms with Crippen molar-refractivity contribution in [3.05, 3.63) is 43.0 Å². The number of aromatic nitrogens is 5. The molecule has 136 valence electrons. The van der Waals surface area contributed by atoms with Crippen molar-refractivity contribution in [3.63, 3.8) is 0 Å². The van der Waals surface area contributed by atoms with Crippen LogP contribution in [0.4, 0.5) is 5.95 Å². The summed E-state index contributed by atoms with van der Waals surface area (Å²) in [6, 6.07) is 7.06. The largest absolute Gasteiger partial charge is 0.494 e. The first-order valence-electron chi connectivity index (χ1n) is 8.12. The Morgan fingerprint density at radius 3 is 2.85 bits per heavy atom. The number of hydrogen-bond acceptors (Lipinski definition) is 6. The summed E-state index contributed by atoms with van der Waals surface area (Å²) in [7, 11) is -2.26. The second kappa shape index (κ2) is 6.13. The first-order chi connectivity index (χ1) is 12.5. The lowest BCUT2D eigenvalue weighted by atomic mass is 10.2. The Morgan fingerprint density at radius 2 is 2.04 bits per heavy atom. The van der Waals surface area contributed by atoms with Gasteiger partial charge in [0.15, 0.2) is 0 Å². The smallest absolute Gasteiger partial charge is 0.270 e. The number of anilines is 1. The van der Waals surface area contributed by atoms with E-state index in [1.165, 1.54) is 27.7 Å². The van der Waals surface area contributed by atoms with Gasteiger partial charge in [-0.1, -0.05) is 12.1 Å². The fourth-order valence-corrected chi connectivity index (χ4v) is 4.63. The van der Waals surface area contributed by atoms with E-state index in [0.29, 0.717) is 30.4 Å². The Balaban J connectivity index is 1.76. The highest BCUT2D eigenvalue weighted by atomic mass is 32.2. The van der Waals surface area contributed by atoms with Gasteiger partial charge in [-0.05, 0) is 25.5 Å². The molecule has 2 aromatic heterocycles. The van der Waals surface area contributed by atoms with Crippen molar-refractivity contribution in [2.24, 2.45) is 0 Å². The molecule has 3 aromatic rings. The average Bonchev–Trinajstić information content (AvgIpc) is 3.30. The van der Waals surface area contributed by atoms with Crippen LogP contribution in [0.5, 0.6) is 5.75 Å². The first-order valence-corrected chi connectivity index (χ1v) is 9.56. The van der Waals surface area contributed by atoms with E-state index in [4.69, 9.17) is 4.74 Å². The van der Waals surface area contributed by atoms with Crippen LogP contribution in [-0.4, -0.2) is 46.1 Å². The van der Waals surface area contributed by atoms with Gasteiger partial charge >= 0.3 is 0 Å². The van der Waals surface area contributed by atoms with E-state index in [9.17, 15) is 8.42 Å². The van der Waals surface area contributed by atoms with Crippen LogP contribution in [0.2, 0.25) is 0 Å². The van der Waals surface area contributed by atoms with Gasteiger partial charge < -0.3 is 4.74 Å². The number of para-hydroxylation sites is 2. The summed E-state index contributed by atoms with van der Waals surface area (Å²) in [5.41, 5.74) is 0.659. The molecule has 4 rings (SSSR count). The minimum absolute atomic E-state index is 0.0895. The van der Waals surface area contributed by atoms with Crippen LogP contribution in [0.25, 0.3) is 5.69 Å². The average molecular weight is 374 g/mol. The molecule has 10 heteroatoms. The highest BCUT2D eigenvalue weighted by Crippen LogP contribution is 2.30. The van der Waals surface area contributed by atoms with Crippen LogP contribution < -0.4 is 9.04 Å². The lowest BCUT2D eigenvalue weighted by Gasteiger charge is -2.32. The van der Waals surface area contributed by atoms with Gasteiger partial charge in [-0.25, -0.2) is 22.1 Å². The fourth-order valence-electron chi connectivity index (χ4n) is 3.06. The van der Waals surface area contributed by atoms with E-state index in [2.05, 4.69) is 15.2 Å². The Morgan fingerprint density at radius 1 is 1.23 bits per heavy atom. The predicted molar refractivity (Wildman–Crippen MR) is 93.9 cm³/mol. The summed E-state index contributed by atoms with van der Waals surface area (Å²) in [5.74, 6) is 0.930. The normalized spacial score (nSPS) is 17.2. The van der Waals surface area contributed by atoms with Gasteiger partial charge in [-0.2, -0.15) is 15.2 Å². The lowest BCUT2D eigenvalue weighted by molar-refractivity contribution is 0.411. The molecule has 0 fully saturated rings. The molecule has 0 aliphatic carbocycles. The van der Waals surface area contributed by atoms with E-state index in [-0.39, 0.29) is 10.9 Å². The maximum absolute atomic E-state index is 13.2. The van der Waals surface area contributed by atoms with E-state index >= 15 is 0 Å². The van der Waals surface area contributed by atoms with Gasteiger partial charge in [0.05, 0.1) is 19.5 Å². The molecule has 0 amide bonds. The minimum atomic E-state index is -3.82. The third kappa shape index (κ3) is 2.53. The van der Waals surface area contributed by atoms with E-state index in [0.717, 1.165) is 0 Å². The SMILES string of the molecule is COc1ccccc1-n1cc(S(=O)(=O)N2c3ncnn3CCC2C)cn1. The molecule has 1 aliphatic rings. The molecule has 0 saturated heterocycles. The van der Waals surface area contributed by atoms with E-state index in [1.54, 1.807) is 17.9 Å². The van der Waals surface area contributed by atoms with Crippen molar-refractivity contribution in [2.75, 3.05) is 11.4 Å². The molecule has 0 radical (unpaired) electrons. The number of aryl methyl sites for hydroxylation is 1. The number of nitrogens with zero attached hydrogens (tertiary/aromatic N) is 6. The Labute approximate surface area is 150 Å². The molecule has 0 N–H and O–H groups in total. The van der Waals surface area contributed by atoms with Crippen LogP contribution in [0.15, 0.2) is 47.9 Å². The van der Waals surface area contributed by atoms with Gasteiger partial charge in [-0.15, -0.1) is 0 Å². The molecule has 1 aliphatic heterocycles. The fraction of sp³-hybridized carbons (Fsp3) is 0.312. The van der Waals surface area contributed by atoms with Gasteiger partial charge in [0.25, 0.3) is 10.0 Å². The zero-order valence-electron chi connectivity index (χ0n) is 14.3. The number of fused-ring (bicyclic) bond motifs is 1. The second-order valence-corrected chi connectivity index (χ2v) is 7.83. The van der Waals surface area contributed by atoms with Gasteiger partial charge in [-0.3, -0.25) is 0 Å². The zero-order valence-corrected chi connectivity index (χ0v) is 15.2. The molecule has 26 heavy (non-hydrogen) atoms. The van der Waals surface area contributed by atoms with Crippen molar-refractivity contribution in [3.8, 4) is 11.4 Å². The number of rotatable bonds is 4. The van der Waals surface area contributed by atoms with Crippen molar-refractivity contribution in [1.29, 1.82) is 0 Å². The van der Waals surface area contributed by atoms with Crippen LogP contribution in [0.1, 0.15) is 13.3 Å². The highest BCUT2D eigenvalue weighted by Gasteiger charge is 2.36. The summed E-state index contributed by atoms with van der Waals surface area (Å²) < 4.78 is 36.2. The van der Waals surface area contributed by atoms with Crippen molar-refractivity contribution < 1.29 is 13.2 Å². The Hall–Kier alpha value is -2.88. The number of ether oxygens (including phenoxy) is 1. The molecule has 0 spiro atoms. The maximum atomic E-state index is 13.2. The number of sulfonamides is 1. The predicted octanol–water partition coefficient (Wildman–Crippen LogP) is 1.46. The Kier molecular flexibility index (Phi) is 3.91. The third-order valence-corrected chi connectivity index (χ3v) is 6.25. The first kappa shape index (κ1) is 16.6. The van der Waals surface area contributed by atoms with Crippen molar-refractivity contribution >= 4 is 16.0 Å². The summed E-state index contributed by atoms with van der Waals surface area (Å²) in [5, 5.41) is 8.30. The van der Waals surface area contributed by atoms with Crippen molar-refractivity contribution in [2.45, 2.75) is 30.8 Å². The van der Waals surface area contributed by atoms with Crippen molar-refractivity contribution in [1.82, 2.24) is 24.5 Å². The summed E-state index contributed by atoms with van der Waals surface area (Å²) in [4.78, 5) is 4.21. The standard InChI is InChI=1S/C16H18N6O3S/c1-12-7-8-20-16(17-11-19-20)22(12)26(23,24)13-9-18-21(10-13)14-5-3-4-6-15(14)25-2/h3-6,9-12H,7-8H2,1-2H3. The Bertz CT molecular complexity index is 1040. The highest BCUT2D eigenvalue weighted by molar-refractivity contribution is 7.92. The molecule has 1 unspecified atom stereocenters. The number of benzene rings is 1. The zero-order chi connectivity index (χ0) is 18.3. The van der Waals surface area contributed by atoms with Gasteiger partial charge in [0.1, 0.15) is 22.7 Å². The summed E-state index contributed by atoms with van der Waals surface area (Å²) in [6.45, 7) is 2.50. The van der Waals surface area contributed by atoms with Crippen LogP contribution in [0, 0.1) is 0 Å². The second-order valence-electron chi connectivity index (χ2n) is 6.01. The molecule has 3 heterocycles. The molecule has 1 atom stereocenters. The molecular weight excluding hydrogens is 356 g/mol. The van der Waals surface area contributed by atoms with E-state index < -0.39 is 10.0 Å². The van der Waals surface area contributed by atoms with E-state index in [1.807, 2.05) is 25.1 Å². The van der Waals surface area contributed by atoms with Gasteiger partial charge in [0, 0.05) is 12.6 Å². The molecule has 1 aromatic carbocycles. The number of methoxy groups -OCH3 is 1. The third-order valence-electron chi connectivity index (χ3n) is 4.40. The molecular formula is C16H18N6O3S. The summed E-state index contributed by atoms with van der Waals surface area (Å²) in [6.07, 6.45) is 4.85. The quantitative estimate of drug-likeness (QED) is 0.686. The van der Waals surface area contributed by atoms with Crippen LogP contribution in [-0.2, 0) is 16.6 Å². The van der Waals surface area contributed by atoms with Crippen LogP contribution in [0.3, 0.4) is 0 Å². The van der Waals surface area contributed by atoms with Crippen LogP contribution >= 0.6 is 0 Å². The molecule has 0 bridgehead atoms. The lowest BCUT2D eigenvalue weighted by Crippen LogP contribution is -2.44. The molecule has 0 saturated carbocycles. The molecule has 9 nitrogen and oxygen atoms in total. The number of hydrogen-bond donors (Lipinski definition) is 0. The minimum Gasteiger partial charge on any atom is -0.494 e.